The molecule has 0 amide bonds. The highest BCUT2D eigenvalue weighted by Gasteiger charge is 2.42. The molecule has 1 saturated carbocycles. The van der Waals surface area contributed by atoms with Gasteiger partial charge in [-0.2, -0.15) is 0 Å². The first-order chi connectivity index (χ1) is 7.81. The summed E-state index contributed by atoms with van der Waals surface area (Å²) in [5.74, 6) is 0. The molecule has 0 spiro atoms. The molecule has 5 heteroatoms. The minimum absolute atomic E-state index is 0.163. The van der Waals surface area contributed by atoms with Gasteiger partial charge in [-0.05, 0) is 12.8 Å². The fourth-order valence-electron chi connectivity index (χ4n) is 2.01. The summed E-state index contributed by atoms with van der Waals surface area (Å²) in [6.07, 6.45) is 2.67. The van der Waals surface area contributed by atoms with Crippen LogP contribution in [-0.4, -0.2) is 56.7 Å². The lowest BCUT2D eigenvalue weighted by Crippen LogP contribution is -2.52. The van der Waals surface area contributed by atoms with Crippen molar-refractivity contribution in [1.29, 1.82) is 0 Å². The third-order valence-corrected chi connectivity index (χ3v) is 3.93. The van der Waals surface area contributed by atoms with E-state index in [1.165, 1.54) is 0 Å². The van der Waals surface area contributed by atoms with E-state index in [0.29, 0.717) is 18.0 Å². The van der Waals surface area contributed by atoms with Crippen LogP contribution in [0.4, 0.5) is 0 Å². The SMILES string of the molecule is COCCOC1C(Br)CC1OC1CCOC1. The van der Waals surface area contributed by atoms with Crippen LogP contribution >= 0.6 is 15.9 Å². The van der Waals surface area contributed by atoms with Crippen molar-refractivity contribution >= 4 is 15.9 Å². The number of methoxy groups -OCH3 is 1. The molecule has 2 rings (SSSR count). The summed E-state index contributed by atoms with van der Waals surface area (Å²) < 4.78 is 21.9. The molecule has 4 unspecified atom stereocenters. The summed E-state index contributed by atoms with van der Waals surface area (Å²) in [7, 11) is 1.68. The number of ether oxygens (including phenoxy) is 4. The largest absolute Gasteiger partial charge is 0.382 e. The van der Waals surface area contributed by atoms with Gasteiger partial charge in [0.15, 0.2) is 0 Å². The van der Waals surface area contributed by atoms with E-state index in [0.717, 1.165) is 26.1 Å². The van der Waals surface area contributed by atoms with E-state index in [4.69, 9.17) is 18.9 Å². The number of hydrogen-bond acceptors (Lipinski definition) is 4. The zero-order chi connectivity index (χ0) is 11.4. The van der Waals surface area contributed by atoms with Crippen LogP contribution in [-0.2, 0) is 18.9 Å². The molecule has 0 N–H and O–H groups in total. The molecule has 4 atom stereocenters. The molecular formula is C11H19BrO4. The van der Waals surface area contributed by atoms with Gasteiger partial charge in [-0.15, -0.1) is 0 Å². The third kappa shape index (κ3) is 3.17. The topological polar surface area (TPSA) is 36.9 Å². The zero-order valence-electron chi connectivity index (χ0n) is 9.56. The highest BCUT2D eigenvalue weighted by Crippen LogP contribution is 2.34. The quantitative estimate of drug-likeness (QED) is 0.548. The molecule has 4 nitrogen and oxygen atoms in total. The maximum absolute atomic E-state index is 5.94. The van der Waals surface area contributed by atoms with E-state index in [1.807, 2.05) is 0 Å². The lowest BCUT2D eigenvalue weighted by molar-refractivity contribution is -0.149. The minimum Gasteiger partial charge on any atom is -0.382 e. The predicted molar refractivity (Wildman–Crippen MR) is 63.0 cm³/mol. The first-order valence-corrected chi connectivity index (χ1v) is 6.70. The standard InChI is InChI=1S/C11H19BrO4/c1-13-4-5-15-11-9(12)6-10(11)16-8-2-3-14-7-8/h8-11H,2-7H2,1H3. The van der Waals surface area contributed by atoms with Crippen molar-refractivity contribution in [1.82, 2.24) is 0 Å². The molecule has 2 aliphatic rings. The summed E-state index contributed by atoms with van der Waals surface area (Å²) in [5, 5.41) is 0. The Hall–Kier alpha value is 0.320. The van der Waals surface area contributed by atoms with Crippen LogP contribution in [0.15, 0.2) is 0 Å². The highest BCUT2D eigenvalue weighted by molar-refractivity contribution is 9.09. The zero-order valence-corrected chi connectivity index (χ0v) is 11.1. The Balaban J connectivity index is 1.68. The van der Waals surface area contributed by atoms with E-state index in [1.54, 1.807) is 7.11 Å². The second-order valence-electron chi connectivity index (χ2n) is 4.24. The van der Waals surface area contributed by atoms with Gasteiger partial charge in [0.1, 0.15) is 0 Å². The van der Waals surface area contributed by atoms with Crippen molar-refractivity contribution in [2.75, 3.05) is 33.5 Å². The van der Waals surface area contributed by atoms with Crippen LogP contribution in [0.1, 0.15) is 12.8 Å². The maximum atomic E-state index is 5.94. The molecule has 1 aliphatic heterocycles. The molecule has 2 fully saturated rings. The number of alkyl halides is 1. The second-order valence-corrected chi connectivity index (χ2v) is 5.42. The molecule has 1 saturated heterocycles. The van der Waals surface area contributed by atoms with Gasteiger partial charge in [0, 0.05) is 18.5 Å². The Morgan fingerprint density at radius 3 is 2.88 bits per heavy atom. The monoisotopic (exact) mass is 294 g/mol. The van der Waals surface area contributed by atoms with Crippen LogP contribution in [0.5, 0.6) is 0 Å². The molecule has 0 aromatic rings. The average molecular weight is 295 g/mol. The molecule has 0 aromatic carbocycles. The first kappa shape index (κ1) is 12.8. The fraction of sp³-hybridized carbons (Fsp3) is 1.00. The van der Waals surface area contributed by atoms with Crippen molar-refractivity contribution in [2.24, 2.45) is 0 Å². The van der Waals surface area contributed by atoms with Crippen LogP contribution in [0, 0.1) is 0 Å². The molecule has 0 radical (unpaired) electrons. The number of hydrogen-bond donors (Lipinski definition) is 0. The average Bonchev–Trinajstić information content (AvgIpc) is 2.76. The fourth-order valence-corrected chi connectivity index (χ4v) is 2.87. The van der Waals surface area contributed by atoms with E-state index >= 15 is 0 Å². The van der Waals surface area contributed by atoms with Gasteiger partial charge >= 0.3 is 0 Å². The smallest absolute Gasteiger partial charge is 0.0963 e. The van der Waals surface area contributed by atoms with Crippen LogP contribution < -0.4 is 0 Å². The lowest BCUT2D eigenvalue weighted by atomic mass is 9.91. The van der Waals surface area contributed by atoms with Crippen LogP contribution in [0.3, 0.4) is 0 Å². The number of halogens is 1. The van der Waals surface area contributed by atoms with Crippen molar-refractivity contribution in [3.8, 4) is 0 Å². The van der Waals surface area contributed by atoms with Gasteiger partial charge in [0.05, 0.1) is 38.1 Å². The van der Waals surface area contributed by atoms with Gasteiger partial charge in [-0.3, -0.25) is 0 Å². The van der Waals surface area contributed by atoms with Gasteiger partial charge in [0.25, 0.3) is 0 Å². The summed E-state index contributed by atoms with van der Waals surface area (Å²) in [5.41, 5.74) is 0. The van der Waals surface area contributed by atoms with E-state index < -0.39 is 0 Å². The van der Waals surface area contributed by atoms with E-state index in [-0.39, 0.29) is 18.3 Å². The highest BCUT2D eigenvalue weighted by atomic mass is 79.9. The molecule has 94 valence electrons. The Labute approximate surface area is 105 Å². The summed E-state index contributed by atoms with van der Waals surface area (Å²) in [4.78, 5) is 0.414. The molecule has 0 bridgehead atoms. The third-order valence-electron chi connectivity index (χ3n) is 3.03. The normalized spacial score (nSPS) is 38.6. The Morgan fingerprint density at radius 1 is 1.38 bits per heavy atom. The Kier molecular flexibility index (Phi) is 5.03. The first-order valence-electron chi connectivity index (χ1n) is 5.79. The summed E-state index contributed by atoms with van der Waals surface area (Å²) in [6.45, 7) is 2.82. The van der Waals surface area contributed by atoms with Crippen molar-refractivity contribution in [3.63, 3.8) is 0 Å². The molecule has 16 heavy (non-hydrogen) atoms. The molecular weight excluding hydrogens is 276 g/mol. The molecule has 0 aromatic heterocycles. The summed E-state index contributed by atoms with van der Waals surface area (Å²) in [6, 6.07) is 0. The van der Waals surface area contributed by atoms with Crippen molar-refractivity contribution in [3.05, 3.63) is 0 Å². The van der Waals surface area contributed by atoms with Crippen molar-refractivity contribution in [2.45, 2.75) is 36.0 Å². The van der Waals surface area contributed by atoms with Gasteiger partial charge in [-0.1, -0.05) is 15.9 Å². The van der Waals surface area contributed by atoms with Gasteiger partial charge in [0.2, 0.25) is 0 Å². The minimum atomic E-state index is 0.163. The second kappa shape index (κ2) is 6.31. The summed E-state index contributed by atoms with van der Waals surface area (Å²) >= 11 is 3.59. The lowest BCUT2D eigenvalue weighted by Gasteiger charge is -2.42. The predicted octanol–water partition coefficient (Wildman–Crippen LogP) is 1.36. The van der Waals surface area contributed by atoms with Crippen molar-refractivity contribution < 1.29 is 18.9 Å². The maximum Gasteiger partial charge on any atom is 0.0963 e. The van der Waals surface area contributed by atoms with Crippen LogP contribution in [0.25, 0.3) is 0 Å². The van der Waals surface area contributed by atoms with Gasteiger partial charge < -0.3 is 18.9 Å². The Bertz CT molecular complexity index is 208. The van der Waals surface area contributed by atoms with Crippen LogP contribution in [0.2, 0.25) is 0 Å². The van der Waals surface area contributed by atoms with E-state index in [9.17, 15) is 0 Å². The van der Waals surface area contributed by atoms with Gasteiger partial charge in [-0.25, -0.2) is 0 Å². The van der Waals surface area contributed by atoms with E-state index in [2.05, 4.69) is 15.9 Å². The molecule has 1 aliphatic carbocycles. The Morgan fingerprint density at radius 2 is 2.25 bits per heavy atom. The number of rotatable bonds is 6. The molecule has 1 heterocycles.